The van der Waals surface area contributed by atoms with E-state index in [2.05, 4.69) is 14.9 Å². The average Bonchev–Trinajstić information content (AvgIpc) is 2.85. The third-order valence-electron chi connectivity index (χ3n) is 2.82. The Morgan fingerprint density at radius 1 is 1.28 bits per heavy atom. The summed E-state index contributed by atoms with van der Waals surface area (Å²) < 4.78 is 2.09. The molecule has 0 aliphatic rings. The standard InChI is InChI=1S/C13H24N4O/c1-16(2)13(18)6-5-8-14-7-3-4-10-17-11-9-15-12-17/h9,11-12,14H,3-8,10H2,1-2H3. The molecule has 0 aliphatic carbocycles. The van der Waals surface area contributed by atoms with E-state index in [1.54, 1.807) is 25.2 Å². The molecule has 0 aliphatic heterocycles. The summed E-state index contributed by atoms with van der Waals surface area (Å²) in [5, 5.41) is 3.36. The van der Waals surface area contributed by atoms with E-state index >= 15 is 0 Å². The van der Waals surface area contributed by atoms with Crippen molar-refractivity contribution in [3.8, 4) is 0 Å². The summed E-state index contributed by atoms with van der Waals surface area (Å²) >= 11 is 0. The third kappa shape index (κ3) is 6.39. The minimum absolute atomic E-state index is 0.205. The Labute approximate surface area is 109 Å². The van der Waals surface area contributed by atoms with Gasteiger partial charge in [-0.05, 0) is 32.4 Å². The summed E-state index contributed by atoms with van der Waals surface area (Å²) in [6.07, 6.45) is 9.49. The number of aryl methyl sites for hydroxylation is 1. The van der Waals surface area contributed by atoms with Gasteiger partial charge >= 0.3 is 0 Å². The smallest absolute Gasteiger partial charge is 0.222 e. The van der Waals surface area contributed by atoms with E-state index in [-0.39, 0.29) is 5.91 Å². The lowest BCUT2D eigenvalue weighted by molar-refractivity contribution is -0.128. The first kappa shape index (κ1) is 14.7. The maximum Gasteiger partial charge on any atom is 0.222 e. The molecule has 1 N–H and O–H groups in total. The van der Waals surface area contributed by atoms with Gasteiger partial charge in [0, 0.05) is 39.5 Å². The molecular formula is C13H24N4O. The SMILES string of the molecule is CN(C)C(=O)CCCNCCCCn1ccnc1. The van der Waals surface area contributed by atoms with Crippen LogP contribution < -0.4 is 5.32 Å². The molecule has 0 unspecified atom stereocenters. The molecule has 0 spiro atoms. The number of carbonyl (C=O) groups is 1. The largest absolute Gasteiger partial charge is 0.349 e. The normalized spacial score (nSPS) is 10.6. The van der Waals surface area contributed by atoms with E-state index in [1.807, 2.05) is 12.5 Å². The van der Waals surface area contributed by atoms with Crippen LogP contribution in [0.15, 0.2) is 18.7 Å². The van der Waals surface area contributed by atoms with Gasteiger partial charge in [-0.15, -0.1) is 0 Å². The topological polar surface area (TPSA) is 50.2 Å². The number of amides is 1. The molecule has 0 saturated carbocycles. The van der Waals surface area contributed by atoms with Crippen molar-refractivity contribution >= 4 is 5.91 Å². The highest BCUT2D eigenvalue weighted by atomic mass is 16.2. The summed E-state index contributed by atoms with van der Waals surface area (Å²) in [7, 11) is 3.59. The first-order valence-corrected chi connectivity index (χ1v) is 6.57. The van der Waals surface area contributed by atoms with Crippen molar-refractivity contribution in [1.29, 1.82) is 0 Å². The predicted octanol–water partition coefficient (Wildman–Crippen LogP) is 1.12. The van der Waals surface area contributed by atoms with Crippen molar-refractivity contribution in [2.75, 3.05) is 27.2 Å². The molecule has 5 heteroatoms. The van der Waals surface area contributed by atoms with E-state index in [0.717, 1.165) is 38.9 Å². The van der Waals surface area contributed by atoms with Crippen LogP contribution in [0.4, 0.5) is 0 Å². The maximum atomic E-state index is 11.3. The molecule has 18 heavy (non-hydrogen) atoms. The molecular weight excluding hydrogens is 228 g/mol. The van der Waals surface area contributed by atoms with Crippen molar-refractivity contribution in [2.24, 2.45) is 0 Å². The Kier molecular flexibility index (Phi) is 7.10. The molecule has 0 fully saturated rings. The number of unbranched alkanes of at least 4 members (excludes halogenated alkanes) is 1. The van der Waals surface area contributed by atoms with Crippen LogP contribution in [0.25, 0.3) is 0 Å². The summed E-state index contributed by atoms with van der Waals surface area (Å²) in [5.41, 5.74) is 0. The lowest BCUT2D eigenvalue weighted by Crippen LogP contribution is -2.23. The molecule has 1 amide bonds. The van der Waals surface area contributed by atoms with Gasteiger partial charge < -0.3 is 14.8 Å². The predicted molar refractivity (Wildman–Crippen MR) is 72.3 cm³/mol. The number of hydrogen-bond donors (Lipinski definition) is 1. The lowest BCUT2D eigenvalue weighted by Gasteiger charge is -2.10. The monoisotopic (exact) mass is 252 g/mol. The number of rotatable bonds is 9. The molecule has 102 valence electrons. The fourth-order valence-corrected chi connectivity index (χ4v) is 1.68. The van der Waals surface area contributed by atoms with Crippen molar-refractivity contribution in [1.82, 2.24) is 19.8 Å². The lowest BCUT2D eigenvalue weighted by atomic mass is 10.2. The zero-order valence-electron chi connectivity index (χ0n) is 11.4. The highest BCUT2D eigenvalue weighted by molar-refractivity contribution is 5.75. The zero-order valence-corrected chi connectivity index (χ0v) is 11.4. The Bertz CT molecular complexity index is 322. The van der Waals surface area contributed by atoms with Crippen LogP contribution >= 0.6 is 0 Å². The fourth-order valence-electron chi connectivity index (χ4n) is 1.68. The minimum Gasteiger partial charge on any atom is -0.349 e. The molecule has 1 aromatic heterocycles. The van der Waals surface area contributed by atoms with Crippen LogP contribution in [0.1, 0.15) is 25.7 Å². The van der Waals surface area contributed by atoms with Crippen molar-refractivity contribution < 1.29 is 4.79 Å². The van der Waals surface area contributed by atoms with Gasteiger partial charge in [0.25, 0.3) is 0 Å². The number of nitrogens with zero attached hydrogens (tertiary/aromatic N) is 3. The average molecular weight is 252 g/mol. The van der Waals surface area contributed by atoms with Crippen molar-refractivity contribution in [3.05, 3.63) is 18.7 Å². The number of hydrogen-bond acceptors (Lipinski definition) is 3. The van der Waals surface area contributed by atoms with Crippen LogP contribution in [0.2, 0.25) is 0 Å². The molecule has 0 atom stereocenters. The second-order valence-electron chi connectivity index (χ2n) is 4.65. The maximum absolute atomic E-state index is 11.3. The minimum atomic E-state index is 0.205. The van der Waals surface area contributed by atoms with Crippen LogP contribution in [0.5, 0.6) is 0 Å². The molecule has 1 heterocycles. The summed E-state index contributed by atoms with van der Waals surface area (Å²) in [4.78, 5) is 16.9. The molecule has 0 aromatic carbocycles. The first-order chi connectivity index (χ1) is 8.70. The molecule has 5 nitrogen and oxygen atoms in total. The summed E-state index contributed by atoms with van der Waals surface area (Å²) in [6, 6.07) is 0. The Morgan fingerprint density at radius 3 is 2.72 bits per heavy atom. The Morgan fingerprint density at radius 2 is 2.06 bits per heavy atom. The Hall–Kier alpha value is -1.36. The Balaban J connectivity index is 1.86. The van der Waals surface area contributed by atoms with Crippen LogP contribution in [-0.4, -0.2) is 47.5 Å². The summed E-state index contributed by atoms with van der Waals surface area (Å²) in [6.45, 7) is 2.97. The third-order valence-corrected chi connectivity index (χ3v) is 2.82. The number of aromatic nitrogens is 2. The molecule has 1 aromatic rings. The van der Waals surface area contributed by atoms with Crippen molar-refractivity contribution in [2.45, 2.75) is 32.2 Å². The number of nitrogens with one attached hydrogen (secondary N) is 1. The quantitative estimate of drug-likeness (QED) is 0.670. The second-order valence-corrected chi connectivity index (χ2v) is 4.65. The van der Waals surface area contributed by atoms with E-state index < -0.39 is 0 Å². The van der Waals surface area contributed by atoms with Gasteiger partial charge in [-0.2, -0.15) is 0 Å². The number of imidazole rings is 1. The molecule has 0 bridgehead atoms. The van der Waals surface area contributed by atoms with Crippen LogP contribution in [-0.2, 0) is 11.3 Å². The van der Waals surface area contributed by atoms with Gasteiger partial charge in [0.15, 0.2) is 0 Å². The summed E-state index contributed by atoms with van der Waals surface area (Å²) in [5.74, 6) is 0.205. The molecule has 0 saturated heterocycles. The molecule has 0 radical (unpaired) electrons. The van der Waals surface area contributed by atoms with Gasteiger partial charge in [-0.1, -0.05) is 0 Å². The van der Waals surface area contributed by atoms with E-state index in [1.165, 1.54) is 0 Å². The van der Waals surface area contributed by atoms with E-state index in [4.69, 9.17) is 0 Å². The molecule has 1 rings (SSSR count). The second kappa shape index (κ2) is 8.69. The van der Waals surface area contributed by atoms with E-state index in [0.29, 0.717) is 6.42 Å². The van der Waals surface area contributed by atoms with Crippen LogP contribution in [0, 0.1) is 0 Å². The van der Waals surface area contributed by atoms with Gasteiger partial charge in [-0.3, -0.25) is 4.79 Å². The number of carbonyl (C=O) groups excluding carboxylic acids is 1. The first-order valence-electron chi connectivity index (χ1n) is 6.57. The fraction of sp³-hybridized carbons (Fsp3) is 0.692. The van der Waals surface area contributed by atoms with Crippen LogP contribution in [0.3, 0.4) is 0 Å². The van der Waals surface area contributed by atoms with E-state index in [9.17, 15) is 4.79 Å². The van der Waals surface area contributed by atoms with Gasteiger partial charge in [0.2, 0.25) is 5.91 Å². The van der Waals surface area contributed by atoms with Gasteiger partial charge in [-0.25, -0.2) is 4.98 Å². The van der Waals surface area contributed by atoms with Gasteiger partial charge in [0.1, 0.15) is 0 Å². The highest BCUT2D eigenvalue weighted by Gasteiger charge is 2.02. The zero-order chi connectivity index (χ0) is 13.2. The highest BCUT2D eigenvalue weighted by Crippen LogP contribution is 1.95. The van der Waals surface area contributed by atoms with Crippen molar-refractivity contribution in [3.63, 3.8) is 0 Å². The van der Waals surface area contributed by atoms with Gasteiger partial charge in [0.05, 0.1) is 6.33 Å².